The Bertz CT molecular complexity index is 209. The van der Waals surface area contributed by atoms with E-state index in [1.807, 2.05) is 0 Å². The highest BCUT2D eigenvalue weighted by Gasteiger charge is 2.30. The summed E-state index contributed by atoms with van der Waals surface area (Å²) in [6, 6.07) is 0. The summed E-state index contributed by atoms with van der Waals surface area (Å²) in [7, 11) is 0. The Hall–Kier alpha value is -0.0800. The maximum atomic E-state index is 6.43. The number of rotatable bonds is 4. The second-order valence-corrected chi connectivity index (χ2v) is 6.01. The lowest BCUT2D eigenvalue weighted by atomic mass is 9.85. The number of hydrogen-bond acceptors (Lipinski definition) is 2. The molecule has 2 nitrogen and oxygen atoms in total. The van der Waals surface area contributed by atoms with E-state index in [2.05, 4.69) is 11.8 Å². The fourth-order valence-corrected chi connectivity index (χ4v) is 3.49. The molecular weight excluding hydrogens is 196 g/mol. The number of likely N-dealkylation sites (tertiary alicyclic amines) is 1. The average molecular weight is 224 g/mol. The predicted octanol–water partition coefficient (Wildman–Crippen LogP) is 2.77. The van der Waals surface area contributed by atoms with Gasteiger partial charge in [-0.2, -0.15) is 0 Å². The highest BCUT2D eigenvalue weighted by Crippen LogP contribution is 2.33. The van der Waals surface area contributed by atoms with E-state index >= 15 is 0 Å². The second kappa shape index (κ2) is 5.50. The Morgan fingerprint density at radius 1 is 1.25 bits per heavy atom. The molecular formula is C14H28N2. The average Bonchev–Trinajstić information content (AvgIpc) is 2.75. The van der Waals surface area contributed by atoms with E-state index in [1.165, 1.54) is 71.0 Å². The summed E-state index contributed by atoms with van der Waals surface area (Å²) < 4.78 is 0. The van der Waals surface area contributed by atoms with Gasteiger partial charge in [0.25, 0.3) is 0 Å². The third-order valence-corrected chi connectivity index (χ3v) is 4.70. The monoisotopic (exact) mass is 224 g/mol. The quantitative estimate of drug-likeness (QED) is 0.795. The molecule has 2 N–H and O–H groups in total. The first-order valence-corrected chi connectivity index (χ1v) is 7.23. The molecule has 0 spiro atoms. The van der Waals surface area contributed by atoms with Gasteiger partial charge in [0.1, 0.15) is 0 Å². The van der Waals surface area contributed by atoms with Crippen molar-refractivity contribution in [1.29, 1.82) is 0 Å². The molecule has 1 unspecified atom stereocenters. The fourth-order valence-electron chi connectivity index (χ4n) is 3.49. The van der Waals surface area contributed by atoms with Gasteiger partial charge < -0.3 is 10.6 Å². The van der Waals surface area contributed by atoms with Crippen LogP contribution in [-0.4, -0.2) is 30.1 Å². The second-order valence-electron chi connectivity index (χ2n) is 6.01. The van der Waals surface area contributed by atoms with Crippen LogP contribution in [0.1, 0.15) is 58.3 Å². The van der Waals surface area contributed by atoms with Crippen molar-refractivity contribution in [3.63, 3.8) is 0 Å². The van der Waals surface area contributed by atoms with Crippen LogP contribution in [0, 0.1) is 5.92 Å². The first-order chi connectivity index (χ1) is 7.72. The molecule has 0 radical (unpaired) electrons. The molecule has 2 rings (SSSR count). The third-order valence-electron chi connectivity index (χ3n) is 4.70. The van der Waals surface area contributed by atoms with Crippen LogP contribution in [0.3, 0.4) is 0 Å². The molecule has 1 atom stereocenters. The molecule has 0 bridgehead atoms. The van der Waals surface area contributed by atoms with E-state index in [9.17, 15) is 0 Å². The minimum Gasteiger partial charge on any atom is -0.325 e. The number of piperidine rings is 1. The zero-order chi connectivity index (χ0) is 11.4. The molecule has 0 aromatic heterocycles. The topological polar surface area (TPSA) is 29.3 Å². The van der Waals surface area contributed by atoms with Crippen molar-refractivity contribution in [2.75, 3.05) is 19.6 Å². The maximum absolute atomic E-state index is 6.43. The summed E-state index contributed by atoms with van der Waals surface area (Å²) in [6.45, 7) is 6.15. The van der Waals surface area contributed by atoms with E-state index in [0.29, 0.717) is 0 Å². The smallest absolute Gasteiger partial charge is 0.0154 e. The van der Waals surface area contributed by atoms with Crippen molar-refractivity contribution in [2.45, 2.75) is 63.8 Å². The van der Waals surface area contributed by atoms with Crippen LogP contribution in [0.5, 0.6) is 0 Å². The summed E-state index contributed by atoms with van der Waals surface area (Å²) >= 11 is 0. The van der Waals surface area contributed by atoms with Gasteiger partial charge in [-0.3, -0.25) is 0 Å². The van der Waals surface area contributed by atoms with Crippen LogP contribution in [0.15, 0.2) is 0 Å². The van der Waals surface area contributed by atoms with Crippen molar-refractivity contribution in [2.24, 2.45) is 11.7 Å². The molecule has 1 aliphatic heterocycles. The fraction of sp³-hybridized carbons (Fsp3) is 1.00. The molecule has 94 valence electrons. The van der Waals surface area contributed by atoms with Gasteiger partial charge in [0.05, 0.1) is 0 Å². The van der Waals surface area contributed by atoms with Crippen LogP contribution >= 0.6 is 0 Å². The Morgan fingerprint density at radius 3 is 2.69 bits per heavy atom. The maximum Gasteiger partial charge on any atom is 0.0154 e. The third kappa shape index (κ3) is 3.21. The van der Waals surface area contributed by atoms with Crippen LogP contribution in [0.2, 0.25) is 0 Å². The zero-order valence-electron chi connectivity index (χ0n) is 10.9. The first kappa shape index (κ1) is 12.4. The van der Waals surface area contributed by atoms with Crippen LogP contribution in [0.4, 0.5) is 0 Å². The molecule has 1 saturated heterocycles. The minimum absolute atomic E-state index is 0.217. The Balaban J connectivity index is 1.72. The van der Waals surface area contributed by atoms with Gasteiger partial charge in [-0.25, -0.2) is 0 Å². The molecule has 2 heteroatoms. The van der Waals surface area contributed by atoms with Gasteiger partial charge >= 0.3 is 0 Å². The largest absolute Gasteiger partial charge is 0.325 e. The highest BCUT2D eigenvalue weighted by molar-refractivity contribution is 4.90. The van der Waals surface area contributed by atoms with E-state index in [1.54, 1.807) is 0 Å². The van der Waals surface area contributed by atoms with Gasteiger partial charge in [0.2, 0.25) is 0 Å². The number of nitrogens with two attached hydrogens (primary N) is 1. The van der Waals surface area contributed by atoms with Crippen LogP contribution in [-0.2, 0) is 0 Å². The standard InChI is InChI=1S/C14H28N2/c1-2-16-11-5-6-13(12-16)7-10-14(15)8-3-4-9-14/h13H,2-12,15H2,1H3. The molecule has 1 heterocycles. The highest BCUT2D eigenvalue weighted by atomic mass is 15.1. The molecule has 1 saturated carbocycles. The molecule has 2 aliphatic rings. The number of nitrogens with zero attached hydrogens (tertiary/aromatic N) is 1. The van der Waals surface area contributed by atoms with Gasteiger partial charge in [-0.15, -0.1) is 0 Å². The number of hydrogen-bond donors (Lipinski definition) is 1. The normalized spacial score (nSPS) is 30.8. The zero-order valence-corrected chi connectivity index (χ0v) is 10.9. The van der Waals surface area contributed by atoms with E-state index < -0.39 is 0 Å². The summed E-state index contributed by atoms with van der Waals surface area (Å²) in [5, 5.41) is 0. The van der Waals surface area contributed by atoms with Crippen molar-refractivity contribution < 1.29 is 0 Å². The summed E-state index contributed by atoms with van der Waals surface area (Å²) in [5.41, 5.74) is 6.65. The van der Waals surface area contributed by atoms with Crippen molar-refractivity contribution in [3.8, 4) is 0 Å². The van der Waals surface area contributed by atoms with E-state index in [4.69, 9.17) is 5.73 Å². The predicted molar refractivity (Wildman–Crippen MR) is 69.5 cm³/mol. The lowest BCUT2D eigenvalue weighted by Gasteiger charge is -2.34. The molecule has 0 amide bonds. The van der Waals surface area contributed by atoms with Gasteiger partial charge in [-0.1, -0.05) is 19.8 Å². The van der Waals surface area contributed by atoms with Gasteiger partial charge in [0, 0.05) is 12.1 Å². The van der Waals surface area contributed by atoms with Crippen LogP contribution in [0.25, 0.3) is 0 Å². The van der Waals surface area contributed by atoms with Crippen molar-refractivity contribution in [3.05, 3.63) is 0 Å². The Kier molecular flexibility index (Phi) is 4.26. The minimum atomic E-state index is 0.217. The Morgan fingerprint density at radius 2 is 2.00 bits per heavy atom. The lowest BCUT2D eigenvalue weighted by Crippen LogP contribution is -2.39. The van der Waals surface area contributed by atoms with Crippen molar-refractivity contribution in [1.82, 2.24) is 4.90 Å². The first-order valence-electron chi connectivity index (χ1n) is 7.23. The Labute approximate surface area is 101 Å². The SMILES string of the molecule is CCN1CCCC(CCC2(N)CCCC2)C1. The summed E-state index contributed by atoms with van der Waals surface area (Å²) in [5.74, 6) is 0.926. The van der Waals surface area contributed by atoms with Gasteiger partial charge in [-0.05, 0) is 57.5 Å². The van der Waals surface area contributed by atoms with E-state index in [-0.39, 0.29) is 5.54 Å². The van der Waals surface area contributed by atoms with Crippen molar-refractivity contribution >= 4 is 0 Å². The van der Waals surface area contributed by atoms with Gasteiger partial charge in [0.15, 0.2) is 0 Å². The molecule has 0 aromatic rings. The van der Waals surface area contributed by atoms with Crippen LogP contribution < -0.4 is 5.73 Å². The summed E-state index contributed by atoms with van der Waals surface area (Å²) in [4.78, 5) is 2.60. The molecule has 16 heavy (non-hydrogen) atoms. The molecule has 2 fully saturated rings. The summed E-state index contributed by atoms with van der Waals surface area (Å²) in [6.07, 6.45) is 10.8. The molecule has 0 aromatic carbocycles. The lowest BCUT2D eigenvalue weighted by molar-refractivity contribution is 0.167. The molecule has 1 aliphatic carbocycles. The van der Waals surface area contributed by atoms with E-state index in [0.717, 1.165) is 5.92 Å².